The molecule has 1 fully saturated rings. The molecule has 1 aliphatic heterocycles. The van der Waals surface area contributed by atoms with Crippen molar-refractivity contribution < 1.29 is 4.74 Å². The highest BCUT2D eigenvalue weighted by Gasteiger charge is 2.33. The van der Waals surface area contributed by atoms with Crippen LogP contribution in [-0.2, 0) is 5.54 Å². The molecule has 0 amide bonds. The Morgan fingerprint density at radius 2 is 2.06 bits per heavy atom. The van der Waals surface area contributed by atoms with Crippen molar-refractivity contribution in [2.24, 2.45) is 0 Å². The SMILES string of the molecule is COc1cc(C)c(Cl)c(C)c1C1(C)CNCCN1. The molecule has 1 aromatic rings. The maximum Gasteiger partial charge on any atom is 0.124 e. The molecule has 0 radical (unpaired) electrons. The first-order valence-electron chi connectivity index (χ1n) is 6.29. The number of hydrogen-bond acceptors (Lipinski definition) is 3. The van der Waals surface area contributed by atoms with E-state index in [2.05, 4.69) is 24.5 Å². The maximum atomic E-state index is 6.39. The summed E-state index contributed by atoms with van der Waals surface area (Å²) in [6.45, 7) is 9.09. The topological polar surface area (TPSA) is 33.3 Å². The van der Waals surface area contributed by atoms with Crippen LogP contribution in [0.5, 0.6) is 5.75 Å². The van der Waals surface area contributed by atoms with Gasteiger partial charge < -0.3 is 15.4 Å². The molecule has 4 heteroatoms. The number of piperazine rings is 1. The van der Waals surface area contributed by atoms with Crippen molar-refractivity contribution in [2.75, 3.05) is 26.7 Å². The number of benzene rings is 1. The molecule has 0 aromatic heterocycles. The molecule has 3 nitrogen and oxygen atoms in total. The summed E-state index contributed by atoms with van der Waals surface area (Å²) < 4.78 is 5.55. The largest absolute Gasteiger partial charge is 0.496 e. The third-order valence-corrected chi connectivity index (χ3v) is 4.29. The smallest absolute Gasteiger partial charge is 0.124 e. The summed E-state index contributed by atoms with van der Waals surface area (Å²) in [6, 6.07) is 2.02. The van der Waals surface area contributed by atoms with Crippen molar-refractivity contribution >= 4 is 11.6 Å². The highest BCUT2D eigenvalue weighted by atomic mass is 35.5. The minimum atomic E-state index is -0.134. The molecule has 0 saturated carbocycles. The fraction of sp³-hybridized carbons (Fsp3) is 0.571. The van der Waals surface area contributed by atoms with Crippen LogP contribution in [0.2, 0.25) is 5.02 Å². The van der Waals surface area contributed by atoms with E-state index >= 15 is 0 Å². The summed E-state index contributed by atoms with van der Waals surface area (Å²) >= 11 is 6.39. The van der Waals surface area contributed by atoms with Crippen molar-refractivity contribution in [3.63, 3.8) is 0 Å². The quantitative estimate of drug-likeness (QED) is 0.864. The number of nitrogens with one attached hydrogen (secondary N) is 2. The van der Waals surface area contributed by atoms with Crippen molar-refractivity contribution in [3.05, 3.63) is 27.8 Å². The lowest BCUT2D eigenvalue weighted by atomic mass is 9.85. The Morgan fingerprint density at radius 1 is 1.33 bits per heavy atom. The summed E-state index contributed by atoms with van der Waals surface area (Å²) in [6.07, 6.45) is 0. The van der Waals surface area contributed by atoms with Crippen molar-refractivity contribution in [1.29, 1.82) is 0 Å². The minimum absolute atomic E-state index is 0.134. The Hall–Kier alpha value is -0.770. The van der Waals surface area contributed by atoms with Crippen molar-refractivity contribution in [1.82, 2.24) is 10.6 Å². The average molecular weight is 269 g/mol. The monoisotopic (exact) mass is 268 g/mol. The fourth-order valence-electron chi connectivity index (χ4n) is 2.77. The van der Waals surface area contributed by atoms with Gasteiger partial charge in [-0.2, -0.15) is 0 Å². The second kappa shape index (κ2) is 5.08. The summed E-state index contributed by atoms with van der Waals surface area (Å²) in [4.78, 5) is 0. The van der Waals surface area contributed by atoms with Gasteiger partial charge in [-0.15, -0.1) is 0 Å². The highest BCUT2D eigenvalue weighted by Crippen LogP contribution is 2.38. The molecule has 100 valence electrons. The van der Waals surface area contributed by atoms with Crippen LogP contribution in [-0.4, -0.2) is 26.7 Å². The van der Waals surface area contributed by atoms with E-state index in [4.69, 9.17) is 16.3 Å². The molecule has 1 heterocycles. The van der Waals surface area contributed by atoms with Gasteiger partial charge in [-0.3, -0.25) is 0 Å². The van der Waals surface area contributed by atoms with Crippen LogP contribution in [0, 0.1) is 13.8 Å². The molecule has 1 aromatic carbocycles. The second-order valence-electron chi connectivity index (χ2n) is 5.15. The van der Waals surface area contributed by atoms with E-state index in [0.29, 0.717) is 0 Å². The van der Waals surface area contributed by atoms with Gasteiger partial charge in [-0.1, -0.05) is 11.6 Å². The van der Waals surface area contributed by atoms with Crippen LogP contribution in [0.25, 0.3) is 0 Å². The van der Waals surface area contributed by atoms with E-state index in [0.717, 1.165) is 47.1 Å². The van der Waals surface area contributed by atoms with Crippen LogP contribution < -0.4 is 15.4 Å². The van der Waals surface area contributed by atoms with Crippen LogP contribution in [0.3, 0.4) is 0 Å². The third kappa shape index (κ3) is 2.22. The van der Waals surface area contributed by atoms with E-state index in [-0.39, 0.29) is 5.54 Å². The highest BCUT2D eigenvalue weighted by molar-refractivity contribution is 6.32. The second-order valence-corrected chi connectivity index (χ2v) is 5.52. The van der Waals surface area contributed by atoms with Crippen molar-refractivity contribution in [2.45, 2.75) is 26.3 Å². The van der Waals surface area contributed by atoms with E-state index in [9.17, 15) is 0 Å². The predicted molar refractivity (Wildman–Crippen MR) is 75.7 cm³/mol. The Bertz CT molecular complexity index is 454. The minimum Gasteiger partial charge on any atom is -0.496 e. The number of ether oxygens (including phenoxy) is 1. The van der Waals surface area contributed by atoms with Gasteiger partial charge in [0.2, 0.25) is 0 Å². The number of hydrogen-bond donors (Lipinski definition) is 2. The number of methoxy groups -OCH3 is 1. The van der Waals surface area contributed by atoms with Crippen LogP contribution in [0.4, 0.5) is 0 Å². The Kier molecular flexibility index (Phi) is 3.85. The normalized spacial score (nSPS) is 24.1. The molecule has 1 unspecified atom stereocenters. The first kappa shape index (κ1) is 13.7. The van der Waals surface area contributed by atoms with Gasteiger partial charge in [0.1, 0.15) is 5.75 Å². The fourth-order valence-corrected chi connectivity index (χ4v) is 2.92. The van der Waals surface area contributed by atoms with E-state index in [1.165, 1.54) is 0 Å². The van der Waals surface area contributed by atoms with Gasteiger partial charge in [0.05, 0.1) is 12.6 Å². The first-order valence-corrected chi connectivity index (χ1v) is 6.67. The molecule has 0 aliphatic carbocycles. The summed E-state index contributed by atoms with van der Waals surface area (Å²) in [5, 5.41) is 7.83. The lowest BCUT2D eigenvalue weighted by molar-refractivity contribution is 0.288. The molecule has 2 rings (SSSR count). The van der Waals surface area contributed by atoms with Gasteiger partial charge in [0.25, 0.3) is 0 Å². The summed E-state index contributed by atoms with van der Waals surface area (Å²) in [5.41, 5.74) is 3.19. The van der Waals surface area contributed by atoms with Crippen molar-refractivity contribution in [3.8, 4) is 5.75 Å². The van der Waals surface area contributed by atoms with Gasteiger partial charge in [-0.25, -0.2) is 0 Å². The standard InChI is InChI=1S/C14H21ClN2O/c1-9-7-11(18-4)12(10(2)13(9)15)14(3)8-16-5-6-17-14/h7,16-17H,5-6,8H2,1-4H3. The zero-order valence-electron chi connectivity index (χ0n) is 11.5. The third-order valence-electron chi connectivity index (χ3n) is 3.71. The molecule has 1 atom stereocenters. The number of aryl methyl sites for hydroxylation is 1. The Balaban J connectivity index is 2.58. The van der Waals surface area contributed by atoms with E-state index < -0.39 is 0 Å². The Morgan fingerprint density at radius 3 is 2.61 bits per heavy atom. The van der Waals surface area contributed by atoms with Gasteiger partial charge in [0, 0.05) is 30.2 Å². The zero-order valence-corrected chi connectivity index (χ0v) is 12.2. The number of halogens is 1. The van der Waals surface area contributed by atoms with E-state index in [1.54, 1.807) is 7.11 Å². The average Bonchev–Trinajstić information content (AvgIpc) is 2.35. The van der Waals surface area contributed by atoms with E-state index in [1.807, 2.05) is 13.0 Å². The van der Waals surface area contributed by atoms with Crippen LogP contribution >= 0.6 is 11.6 Å². The Labute approximate surface area is 114 Å². The first-order chi connectivity index (χ1) is 8.49. The van der Waals surface area contributed by atoms with Gasteiger partial charge in [0.15, 0.2) is 0 Å². The molecule has 1 saturated heterocycles. The summed E-state index contributed by atoms with van der Waals surface area (Å²) in [5.74, 6) is 0.910. The maximum absolute atomic E-state index is 6.39. The van der Waals surface area contributed by atoms with Crippen LogP contribution in [0.1, 0.15) is 23.6 Å². The lowest BCUT2D eigenvalue weighted by Crippen LogP contribution is -2.55. The zero-order chi connectivity index (χ0) is 13.3. The molecule has 2 N–H and O–H groups in total. The predicted octanol–water partition coefficient (Wildman–Crippen LogP) is 2.37. The molecule has 0 spiro atoms. The summed E-state index contributed by atoms with van der Waals surface area (Å²) in [7, 11) is 1.71. The molecule has 18 heavy (non-hydrogen) atoms. The molecular formula is C14H21ClN2O. The lowest BCUT2D eigenvalue weighted by Gasteiger charge is -2.38. The van der Waals surface area contributed by atoms with Crippen LogP contribution in [0.15, 0.2) is 6.07 Å². The van der Waals surface area contributed by atoms with Gasteiger partial charge >= 0.3 is 0 Å². The van der Waals surface area contributed by atoms with Gasteiger partial charge in [-0.05, 0) is 38.0 Å². The number of rotatable bonds is 2. The molecule has 0 bridgehead atoms. The molecular weight excluding hydrogens is 248 g/mol. The molecule has 1 aliphatic rings.